The van der Waals surface area contributed by atoms with E-state index in [9.17, 15) is 9.59 Å². The number of fused-ring (bicyclic) bond motifs is 1. The Kier molecular flexibility index (Phi) is 5.43. The molecule has 0 bridgehead atoms. The van der Waals surface area contributed by atoms with E-state index in [1.54, 1.807) is 6.92 Å². The summed E-state index contributed by atoms with van der Waals surface area (Å²) in [6.45, 7) is 2.11. The number of hydrogen-bond acceptors (Lipinski definition) is 4. The van der Waals surface area contributed by atoms with Gasteiger partial charge in [-0.25, -0.2) is 0 Å². The summed E-state index contributed by atoms with van der Waals surface area (Å²) in [7, 11) is 0. The number of carbonyl (C=O) groups excluding carboxylic acids is 2. The Morgan fingerprint density at radius 2 is 1.86 bits per heavy atom. The number of rotatable bonds is 7. The molecule has 0 aliphatic rings. The Hall–Kier alpha value is -2.23. The molecule has 4 heteroatoms. The molecular formula is C17H19NO3. The molecule has 0 saturated heterocycles. The number of pyridine rings is 1. The minimum absolute atomic E-state index is 0.0676. The molecule has 110 valence electrons. The van der Waals surface area contributed by atoms with E-state index >= 15 is 0 Å². The minimum atomic E-state index is -0.310. The van der Waals surface area contributed by atoms with E-state index in [2.05, 4.69) is 4.98 Å². The van der Waals surface area contributed by atoms with Crippen molar-refractivity contribution >= 4 is 22.7 Å². The lowest BCUT2D eigenvalue weighted by Crippen LogP contribution is -2.08. The van der Waals surface area contributed by atoms with Crippen LogP contribution in [0.2, 0.25) is 0 Å². The van der Waals surface area contributed by atoms with Gasteiger partial charge in [-0.1, -0.05) is 24.3 Å². The molecule has 0 aliphatic heterocycles. The van der Waals surface area contributed by atoms with E-state index in [0.717, 1.165) is 16.6 Å². The van der Waals surface area contributed by atoms with Crippen LogP contribution in [-0.4, -0.2) is 23.3 Å². The number of benzene rings is 1. The smallest absolute Gasteiger partial charge is 0.306 e. The van der Waals surface area contributed by atoms with E-state index < -0.39 is 0 Å². The van der Waals surface area contributed by atoms with Crippen molar-refractivity contribution in [1.82, 2.24) is 4.98 Å². The molecule has 0 unspecified atom stereocenters. The summed E-state index contributed by atoms with van der Waals surface area (Å²) in [5.41, 5.74) is 1.84. The average molecular weight is 285 g/mol. The van der Waals surface area contributed by atoms with E-state index in [1.165, 1.54) is 0 Å². The maximum absolute atomic E-state index is 11.8. The highest BCUT2D eigenvalue weighted by molar-refractivity contribution is 5.83. The van der Waals surface area contributed by atoms with Crippen molar-refractivity contribution in [3.05, 3.63) is 42.1 Å². The standard InChI is InChI=1S/C17H19NO3/c1-2-21-17(20)12-11-15(19)10-9-14-8-7-13-5-3-4-6-16(13)18-14/h3-8H,2,9-12H2,1H3. The van der Waals surface area contributed by atoms with Gasteiger partial charge >= 0.3 is 5.97 Å². The Labute approximate surface area is 124 Å². The van der Waals surface area contributed by atoms with Crippen LogP contribution in [0.4, 0.5) is 0 Å². The summed E-state index contributed by atoms with van der Waals surface area (Å²) < 4.78 is 4.80. The second kappa shape index (κ2) is 7.53. The zero-order chi connectivity index (χ0) is 15.1. The first kappa shape index (κ1) is 15.2. The first-order valence-corrected chi connectivity index (χ1v) is 7.21. The first-order chi connectivity index (χ1) is 10.2. The highest BCUT2D eigenvalue weighted by Gasteiger charge is 2.08. The zero-order valence-electron chi connectivity index (χ0n) is 12.2. The normalized spacial score (nSPS) is 10.5. The first-order valence-electron chi connectivity index (χ1n) is 7.21. The van der Waals surface area contributed by atoms with Crippen molar-refractivity contribution in [3.8, 4) is 0 Å². The summed E-state index contributed by atoms with van der Waals surface area (Å²) >= 11 is 0. The number of Topliss-reactive ketones (excluding diaryl/α,β-unsaturated/α-hetero) is 1. The number of hydrogen-bond donors (Lipinski definition) is 0. The predicted molar refractivity (Wildman–Crippen MR) is 80.9 cm³/mol. The fourth-order valence-electron chi connectivity index (χ4n) is 2.11. The van der Waals surface area contributed by atoms with Gasteiger partial charge < -0.3 is 4.74 Å². The predicted octanol–water partition coefficient (Wildman–Crippen LogP) is 3.08. The second-order valence-corrected chi connectivity index (χ2v) is 4.84. The topological polar surface area (TPSA) is 56.3 Å². The number of ether oxygens (including phenoxy) is 1. The van der Waals surface area contributed by atoms with Crippen LogP contribution in [0.1, 0.15) is 31.9 Å². The molecule has 0 radical (unpaired) electrons. The molecular weight excluding hydrogens is 266 g/mol. The van der Waals surface area contributed by atoms with E-state index in [4.69, 9.17) is 4.74 Å². The fourth-order valence-corrected chi connectivity index (χ4v) is 2.11. The monoisotopic (exact) mass is 285 g/mol. The molecule has 4 nitrogen and oxygen atoms in total. The summed E-state index contributed by atoms with van der Waals surface area (Å²) in [6, 6.07) is 11.9. The van der Waals surface area contributed by atoms with Gasteiger partial charge in [-0.05, 0) is 25.5 Å². The van der Waals surface area contributed by atoms with Crippen LogP contribution in [0.5, 0.6) is 0 Å². The molecule has 0 amide bonds. The Balaban J connectivity index is 1.83. The van der Waals surface area contributed by atoms with Crippen molar-refractivity contribution in [2.75, 3.05) is 6.61 Å². The average Bonchev–Trinajstić information content (AvgIpc) is 2.51. The lowest BCUT2D eigenvalue weighted by molar-refractivity contribution is -0.144. The van der Waals surface area contributed by atoms with Gasteiger partial charge in [0, 0.05) is 23.9 Å². The van der Waals surface area contributed by atoms with Crippen molar-refractivity contribution in [3.63, 3.8) is 0 Å². The van der Waals surface area contributed by atoms with Crippen LogP contribution in [0, 0.1) is 0 Å². The maximum atomic E-state index is 11.8. The number of carbonyl (C=O) groups is 2. The number of para-hydroxylation sites is 1. The third kappa shape index (κ3) is 4.67. The molecule has 2 aromatic rings. The fraction of sp³-hybridized carbons (Fsp3) is 0.353. The Bertz CT molecular complexity index is 637. The van der Waals surface area contributed by atoms with Crippen LogP contribution < -0.4 is 0 Å². The van der Waals surface area contributed by atoms with Crippen molar-refractivity contribution in [2.24, 2.45) is 0 Å². The SMILES string of the molecule is CCOC(=O)CCC(=O)CCc1ccc2ccccc2n1. The quantitative estimate of drug-likeness (QED) is 0.734. The summed E-state index contributed by atoms with van der Waals surface area (Å²) in [4.78, 5) is 27.5. The lowest BCUT2D eigenvalue weighted by atomic mass is 10.1. The van der Waals surface area contributed by atoms with Gasteiger partial charge in [0.15, 0.2) is 0 Å². The van der Waals surface area contributed by atoms with Crippen molar-refractivity contribution in [2.45, 2.75) is 32.6 Å². The van der Waals surface area contributed by atoms with Crippen LogP contribution in [0.15, 0.2) is 36.4 Å². The van der Waals surface area contributed by atoms with Gasteiger partial charge in [0.2, 0.25) is 0 Å². The van der Waals surface area contributed by atoms with Crippen molar-refractivity contribution < 1.29 is 14.3 Å². The molecule has 0 spiro atoms. The largest absolute Gasteiger partial charge is 0.466 e. The van der Waals surface area contributed by atoms with Gasteiger partial charge in [0.1, 0.15) is 5.78 Å². The highest BCUT2D eigenvalue weighted by atomic mass is 16.5. The van der Waals surface area contributed by atoms with Gasteiger partial charge in [0.05, 0.1) is 18.5 Å². The van der Waals surface area contributed by atoms with E-state index in [-0.39, 0.29) is 24.6 Å². The molecule has 0 N–H and O–H groups in total. The maximum Gasteiger partial charge on any atom is 0.306 e. The van der Waals surface area contributed by atoms with Gasteiger partial charge in [-0.3, -0.25) is 14.6 Å². The number of nitrogens with zero attached hydrogens (tertiary/aromatic N) is 1. The van der Waals surface area contributed by atoms with Gasteiger partial charge in [0.25, 0.3) is 0 Å². The molecule has 1 aromatic carbocycles. The molecule has 1 aromatic heterocycles. The van der Waals surface area contributed by atoms with Crippen LogP contribution >= 0.6 is 0 Å². The Morgan fingerprint density at radius 1 is 1.05 bits per heavy atom. The van der Waals surface area contributed by atoms with Crippen LogP contribution in [0.25, 0.3) is 10.9 Å². The zero-order valence-corrected chi connectivity index (χ0v) is 12.2. The molecule has 2 rings (SSSR count). The number of aromatic nitrogens is 1. The third-order valence-corrected chi connectivity index (χ3v) is 3.23. The molecule has 1 heterocycles. The molecule has 0 saturated carbocycles. The van der Waals surface area contributed by atoms with Crippen LogP contribution in [-0.2, 0) is 20.7 Å². The van der Waals surface area contributed by atoms with Crippen LogP contribution in [0.3, 0.4) is 0 Å². The van der Waals surface area contributed by atoms with E-state index in [1.807, 2.05) is 36.4 Å². The van der Waals surface area contributed by atoms with Gasteiger partial charge in [-0.15, -0.1) is 0 Å². The Morgan fingerprint density at radius 3 is 2.67 bits per heavy atom. The van der Waals surface area contributed by atoms with E-state index in [0.29, 0.717) is 19.4 Å². The van der Waals surface area contributed by atoms with Crippen molar-refractivity contribution in [1.29, 1.82) is 0 Å². The second-order valence-electron chi connectivity index (χ2n) is 4.84. The summed E-state index contributed by atoms with van der Waals surface area (Å²) in [5.74, 6) is -0.243. The highest BCUT2D eigenvalue weighted by Crippen LogP contribution is 2.13. The van der Waals surface area contributed by atoms with Gasteiger partial charge in [-0.2, -0.15) is 0 Å². The molecule has 0 aliphatic carbocycles. The lowest BCUT2D eigenvalue weighted by Gasteiger charge is -2.03. The summed E-state index contributed by atoms with van der Waals surface area (Å²) in [5, 5.41) is 1.09. The number of esters is 1. The number of aryl methyl sites for hydroxylation is 1. The minimum Gasteiger partial charge on any atom is -0.466 e. The molecule has 0 atom stereocenters. The number of ketones is 1. The third-order valence-electron chi connectivity index (χ3n) is 3.23. The summed E-state index contributed by atoms with van der Waals surface area (Å²) in [6.07, 6.45) is 1.42. The molecule has 0 fully saturated rings. The molecule has 21 heavy (non-hydrogen) atoms.